The van der Waals surface area contributed by atoms with Crippen molar-refractivity contribution in [2.75, 3.05) is 13.2 Å². The molecule has 3 unspecified atom stereocenters. The summed E-state index contributed by atoms with van der Waals surface area (Å²) in [7, 11) is 0. The Kier molecular flexibility index (Phi) is 8.90. The first kappa shape index (κ1) is 15.9. The van der Waals surface area contributed by atoms with Crippen LogP contribution in [0.15, 0.2) is 0 Å². The summed E-state index contributed by atoms with van der Waals surface area (Å²) in [5.74, 6) is 0.545. The monoisotopic (exact) mass is 232 g/mol. The van der Waals surface area contributed by atoms with E-state index in [4.69, 9.17) is 14.6 Å². The normalized spacial score (nSPS) is 17.4. The summed E-state index contributed by atoms with van der Waals surface area (Å²) in [6.07, 6.45) is 2.21. The predicted octanol–water partition coefficient (Wildman–Crippen LogP) is 2.61. The second kappa shape index (κ2) is 8.97. The summed E-state index contributed by atoms with van der Waals surface area (Å²) in [6.45, 7) is 11.2. The van der Waals surface area contributed by atoms with Gasteiger partial charge in [-0.2, -0.15) is 0 Å². The fraction of sp³-hybridized carbons (Fsp3) is 1.00. The Balaban J connectivity index is 3.73. The van der Waals surface area contributed by atoms with Gasteiger partial charge in [0.15, 0.2) is 0 Å². The number of aliphatic hydroxyl groups excluding tert-OH is 1. The topological polar surface area (TPSA) is 38.7 Å². The number of hydrogen-bond donors (Lipinski definition) is 1. The lowest BCUT2D eigenvalue weighted by Crippen LogP contribution is -2.27. The average Bonchev–Trinajstić information content (AvgIpc) is 2.20. The minimum Gasteiger partial charge on any atom is -0.391 e. The summed E-state index contributed by atoms with van der Waals surface area (Å²) in [6, 6.07) is 0. The van der Waals surface area contributed by atoms with Gasteiger partial charge in [0.05, 0.1) is 31.5 Å². The van der Waals surface area contributed by atoms with Gasteiger partial charge in [-0.05, 0) is 26.2 Å². The minimum absolute atomic E-state index is 0.0488. The van der Waals surface area contributed by atoms with Gasteiger partial charge in [0, 0.05) is 0 Å². The van der Waals surface area contributed by atoms with E-state index in [9.17, 15) is 0 Å². The molecule has 0 aromatic carbocycles. The molecular weight excluding hydrogens is 204 g/mol. The lowest BCUT2D eigenvalue weighted by atomic mass is 10.0. The maximum absolute atomic E-state index is 9.09. The molecule has 3 nitrogen and oxygen atoms in total. The molecule has 0 aliphatic carbocycles. The second-order valence-electron chi connectivity index (χ2n) is 4.90. The molecule has 0 aromatic heterocycles. The number of aliphatic hydroxyl groups is 1. The SMILES string of the molecule is CCCC(OCC(C)OCC(C)O)C(C)C. The van der Waals surface area contributed by atoms with Gasteiger partial charge in [-0.25, -0.2) is 0 Å². The number of rotatable bonds is 9. The molecule has 0 amide bonds. The highest BCUT2D eigenvalue weighted by Gasteiger charge is 2.14. The van der Waals surface area contributed by atoms with Crippen LogP contribution in [0.25, 0.3) is 0 Å². The Morgan fingerprint density at radius 3 is 2.06 bits per heavy atom. The fourth-order valence-electron chi connectivity index (χ4n) is 1.50. The van der Waals surface area contributed by atoms with Gasteiger partial charge in [-0.1, -0.05) is 27.2 Å². The van der Waals surface area contributed by atoms with Crippen LogP contribution in [0.4, 0.5) is 0 Å². The molecule has 98 valence electrons. The van der Waals surface area contributed by atoms with Crippen molar-refractivity contribution in [2.45, 2.75) is 65.8 Å². The lowest BCUT2D eigenvalue weighted by Gasteiger charge is -2.23. The third-order valence-electron chi connectivity index (χ3n) is 2.48. The second-order valence-corrected chi connectivity index (χ2v) is 4.90. The van der Waals surface area contributed by atoms with Crippen molar-refractivity contribution < 1.29 is 14.6 Å². The first-order valence-corrected chi connectivity index (χ1v) is 6.38. The summed E-state index contributed by atoms with van der Waals surface area (Å²) in [5.41, 5.74) is 0. The molecule has 3 heteroatoms. The third kappa shape index (κ3) is 8.08. The summed E-state index contributed by atoms with van der Waals surface area (Å²) in [5, 5.41) is 9.09. The molecule has 0 rings (SSSR count). The lowest BCUT2D eigenvalue weighted by molar-refractivity contribution is -0.0679. The predicted molar refractivity (Wildman–Crippen MR) is 66.6 cm³/mol. The third-order valence-corrected chi connectivity index (χ3v) is 2.48. The van der Waals surface area contributed by atoms with E-state index in [0.29, 0.717) is 25.2 Å². The first-order chi connectivity index (χ1) is 7.47. The summed E-state index contributed by atoms with van der Waals surface area (Å²) >= 11 is 0. The maximum atomic E-state index is 9.09. The molecule has 1 N–H and O–H groups in total. The van der Waals surface area contributed by atoms with Crippen molar-refractivity contribution in [2.24, 2.45) is 5.92 Å². The highest BCUT2D eigenvalue weighted by Crippen LogP contribution is 2.13. The first-order valence-electron chi connectivity index (χ1n) is 6.38. The Hall–Kier alpha value is -0.120. The van der Waals surface area contributed by atoms with E-state index in [1.807, 2.05) is 6.92 Å². The number of hydrogen-bond acceptors (Lipinski definition) is 3. The van der Waals surface area contributed by atoms with Crippen LogP contribution in [0.5, 0.6) is 0 Å². The zero-order chi connectivity index (χ0) is 12.6. The van der Waals surface area contributed by atoms with Crippen molar-refractivity contribution in [1.82, 2.24) is 0 Å². The molecule has 0 radical (unpaired) electrons. The van der Waals surface area contributed by atoms with Crippen molar-refractivity contribution in [3.63, 3.8) is 0 Å². The Morgan fingerprint density at radius 2 is 1.62 bits per heavy atom. The number of ether oxygens (including phenoxy) is 2. The van der Waals surface area contributed by atoms with Crippen LogP contribution in [-0.2, 0) is 9.47 Å². The highest BCUT2D eigenvalue weighted by atomic mass is 16.5. The van der Waals surface area contributed by atoms with Gasteiger partial charge >= 0.3 is 0 Å². The summed E-state index contributed by atoms with van der Waals surface area (Å²) in [4.78, 5) is 0. The molecule has 0 aliphatic rings. The van der Waals surface area contributed by atoms with Crippen LogP contribution >= 0.6 is 0 Å². The van der Waals surface area contributed by atoms with E-state index >= 15 is 0 Å². The zero-order valence-corrected chi connectivity index (χ0v) is 11.4. The van der Waals surface area contributed by atoms with Crippen molar-refractivity contribution in [3.05, 3.63) is 0 Å². The van der Waals surface area contributed by atoms with Crippen molar-refractivity contribution in [3.8, 4) is 0 Å². The molecule has 0 aromatic rings. The molecule has 0 spiro atoms. The van der Waals surface area contributed by atoms with Gasteiger partial charge in [-0.15, -0.1) is 0 Å². The average molecular weight is 232 g/mol. The van der Waals surface area contributed by atoms with Gasteiger partial charge in [-0.3, -0.25) is 0 Å². The van der Waals surface area contributed by atoms with Gasteiger partial charge in [0.25, 0.3) is 0 Å². The Labute approximate surface area is 100 Å². The van der Waals surface area contributed by atoms with Crippen LogP contribution in [0, 0.1) is 5.92 Å². The summed E-state index contributed by atoms with van der Waals surface area (Å²) < 4.78 is 11.3. The van der Waals surface area contributed by atoms with Crippen LogP contribution < -0.4 is 0 Å². The van der Waals surface area contributed by atoms with Crippen LogP contribution in [0.2, 0.25) is 0 Å². The highest BCUT2D eigenvalue weighted by molar-refractivity contribution is 4.63. The molecule has 0 saturated carbocycles. The van der Waals surface area contributed by atoms with Gasteiger partial charge in [0.1, 0.15) is 0 Å². The molecule has 0 bridgehead atoms. The van der Waals surface area contributed by atoms with Gasteiger partial charge < -0.3 is 14.6 Å². The van der Waals surface area contributed by atoms with Crippen LogP contribution in [0.3, 0.4) is 0 Å². The zero-order valence-electron chi connectivity index (χ0n) is 11.4. The van der Waals surface area contributed by atoms with E-state index in [-0.39, 0.29) is 6.10 Å². The van der Waals surface area contributed by atoms with E-state index in [1.165, 1.54) is 0 Å². The van der Waals surface area contributed by atoms with Crippen LogP contribution in [0.1, 0.15) is 47.5 Å². The standard InChI is InChI=1S/C13H28O3/c1-6-7-13(10(2)3)16-9-12(5)15-8-11(4)14/h10-14H,6-9H2,1-5H3. The molecular formula is C13H28O3. The minimum atomic E-state index is -0.404. The molecule has 16 heavy (non-hydrogen) atoms. The maximum Gasteiger partial charge on any atom is 0.0781 e. The van der Waals surface area contributed by atoms with Crippen molar-refractivity contribution >= 4 is 0 Å². The van der Waals surface area contributed by atoms with E-state index in [0.717, 1.165) is 12.8 Å². The van der Waals surface area contributed by atoms with E-state index in [2.05, 4.69) is 20.8 Å². The van der Waals surface area contributed by atoms with Crippen LogP contribution in [-0.4, -0.2) is 36.6 Å². The Bertz CT molecular complexity index is 157. The Morgan fingerprint density at radius 1 is 1.00 bits per heavy atom. The van der Waals surface area contributed by atoms with Gasteiger partial charge in [0.2, 0.25) is 0 Å². The smallest absolute Gasteiger partial charge is 0.0781 e. The molecule has 0 saturated heterocycles. The molecule has 0 heterocycles. The van der Waals surface area contributed by atoms with E-state index < -0.39 is 6.10 Å². The quantitative estimate of drug-likeness (QED) is 0.664. The van der Waals surface area contributed by atoms with Crippen molar-refractivity contribution in [1.29, 1.82) is 0 Å². The molecule has 0 fully saturated rings. The fourth-order valence-corrected chi connectivity index (χ4v) is 1.50. The molecule has 0 aliphatic heterocycles. The molecule has 3 atom stereocenters. The van der Waals surface area contributed by atoms with E-state index in [1.54, 1.807) is 6.92 Å². The largest absolute Gasteiger partial charge is 0.391 e.